The summed E-state index contributed by atoms with van der Waals surface area (Å²) in [7, 11) is 0. The molecular formula is C27H41ClN4O7S. The molecule has 0 aliphatic heterocycles. The van der Waals surface area contributed by atoms with Crippen LogP contribution >= 0.6 is 24.2 Å². The van der Waals surface area contributed by atoms with E-state index in [1.165, 1.54) is 0 Å². The molecule has 0 aliphatic carbocycles. The molecule has 0 heterocycles. The van der Waals surface area contributed by atoms with Crippen LogP contribution in [0.5, 0.6) is 0 Å². The first-order chi connectivity index (χ1) is 18.6. The number of carboxylic acid groups (broad SMARTS) is 1. The average molecular weight is 601 g/mol. The maximum absolute atomic E-state index is 13.2. The summed E-state index contributed by atoms with van der Waals surface area (Å²) in [5, 5.41) is 20.0. The van der Waals surface area contributed by atoms with Crippen LogP contribution in [-0.2, 0) is 30.3 Å². The minimum atomic E-state index is -1.26. The number of amides is 4. The number of hydrogen-bond donors (Lipinski definition) is 6. The summed E-state index contributed by atoms with van der Waals surface area (Å²) in [6, 6.07) is 3.97. The van der Waals surface area contributed by atoms with Gasteiger partial charge in [0.15, 0.2) is 0 Å². The van der Waals surface area contributed by atoms with Crippen molar-refractivity contribution < 1.29 is 33.8 Å². The highest BCUT2D eigenvalue weighted by Crippen LogP contribution is 2.15. The van der Waals surface area contributed by atoms with Crippen molar-refractivity contribution in [2.24, 2.45) is 5.92 Å². The summed E-state index contributed by atoms with van der Waals surface area (Å²) in [5.41, 5.74) is 0.0291. The second-order valence-corrected chi connectivity index (χ2v) is 11.5. The molecule has 11 nitrogen and oxygen atoms in total. The minimum absolute atomic E-state index is 0.00739. The summed E-state index contributed by atoms with van der Waals surface area (Å²) < 4.78 is 5.19. The van der Waals surface area contributed by atoms with Gasteiger partial charge in [-0.3, -0.25) is 19.2 Å². The van der Waals surface area contributed by atoms with Gasteiger partial charge in [0.25, 0.3) is 0 Å². The number of thiol groups is 1. The summed E-state index contributed by atoms with van der Waals surface area (Å²) in [6.45, 7) is 8.93. The lowest BCUT2D eigenvalue weighted by Gasteiger charge is -2.26. The molecule has 13 heteroatoms. The lowest BCUT2D eigenvalue weighted by Crippen LogP contribution is -2.57. The molecule has 0 fully saturated rings. The van der Waals surface area contributed by atoms with Crippen LogP contribution in [0, 0.1) is 5.92 Å². The first kappa shape index (κ1) is 35.0. The first-order valence-corrected chi connectivity index (χ1v) is 14.1. The summed E-state index contributed by atoms with van der Waals surface area (Å²) in [4.78, 5) is 62.4. The molecule has 224 valence electrons. The molecule has 1 unspecified atom stereocenters. The summed E-state index contributed by atoms with van der Waals surface area (Å²) in [6.07, 6.45) is -0.795. The third-order valence-electron chi connectivity index (χ3n) is 5.46. The molecule has 5 N–H and O–H groups in total. The number of ether oxygens (including phenoxy) is 1. The van der Waals surface area contributed by atoms with Crippen LogP contribution in [-0.4, -0.2) is 70.9 Å². The minimum Gasteiger partial charge on any atom is -0.481 e. The van der Waals surface area contributed by atoms with Crippen LogP contribution in [0.25, 0.3) is 0 Å². The van der Waals surface area contributed by atoms with Gasteiger partial charge in [-0.05, 0) is 57.6 Å². The van der Waals surface area contributed by atoms with Crippen molar-refractivity contribution in [3.8, 4) is 0 Å². The summed E-state index contributed by atoms with van der Waals surface area (Å²) >= 11 is 10.3. The average Bonchev–Trinajstić information content (AvgIpc) is 2.83. The largest absolute Gasteiger partial charge is 0.481 e. The van der Waals surface area contributed by atoms with Gasteiger partial charge in [-0.1, -0.05) is 43.6 Å². The molecule has 1 aromatic carbocycles. The topological polar surface area (TPSA) is 163 Å². The number of benzene rings is 1. The van der Waals surface area contributed by atoms with E-state index in [1.807, 2.05) is 32.0 Å². The van der Waals surface area contributed by atoms with Crippen molar-refractivity contribution in [1.82, 2.24) is 21.3 Å². The van der Waals surface area contributed by atoms with E-state index in [-0.39, 0.29) is 31.1 Å². The molecule has 40 heavy (non-hydrogen) atoms. The fraction of sp³-hybridized carbons (Fsp3) is 0.593. The van der Waals surface area contributed by atoms with Crippen molar-refractivity contribution in [3.05, 3.63) is 34.9 Å². The van der Waals surface area contributed by atoms with Gasteiger partial charge in [0.05, 0.1) is 0 Å². The molecule has 1 aromatic rings. The van der Waals surface area contributed by atoms with Gasteiger partial charge in [0, 0.05) is 23.7 Å². The highest BCUT2D eigenvalue weighted by atomic mass is 35.5. The molecular weight excluding hydrogens is 560 g/mol. The highest BCUT2D eigenvalue weighted by Gasteiger charge is 2.31. The van der Waals surface area contributed by atoms with Gasteiger partial charge in [-0.2, -0.15) is 12.6 Å². The summed E-state index contributed by atoms with van der Waals surface area (Å²) in [5.74, 6) is -2.98. The van der Waals surface area contributed by atoms with Crippen molar-refractivity contribution in [1.29, 1.82) is 0 Å². The molecule has 0 saturated carbocycles. The Hall–Kier alpha value is -2.99. The number of halogens is 1. The SMILES string of the molecule is CC(C)C[C@H](NC(=O)C(CCC(=O)O)NC(=O)OC(C)(C)C)C(=O)N[C@@H](CS)C(=O)NCCc1ccccc1Cl. The van der Waals surface area contributed by atoms with Crippen LogP contribution < -0.4 is 21.3 Å². The monoisotopic (exact) mass is 600 g/mol. The van der Waals surface area contributed by atoms with E-state index in [0.717, 1.165) is 5.56 Å². The Morgan fingerprint density at radius 3 is 2.10 bits per heavy atom. The zero-order valence-corrected chi connectivity index (χ0v) is 25.2. The van der Waals surface area contributed by atoms with Gasteiger partial charge >= 0.3 is 12.1 Å². The zero-order valence-electron chi connectivity index (χ0n) is 23.6. The molecule has 1 rings (SSSR count). The van der Waals surface area contributed by atoms with Gasteiger partial charge in [0.1, 0.15) is 23.7 Å². The predicted molar refractivity (Wildman–Crippen MR) is 155 cm³/mol. The Kier molecular flexibility index (Phi) is 14.9. The van der Waals surface area contributed by atoms with E-state index >= 15 is 0 Å². The maximum Gasteiger partial charge on any atom is 0.408 e. The lowest BCUT2D eigenvalue weighted by molar-refractivity contribution is -0.137. The van der Waals surface area contributed by atoms with Crippen molar-refractivity contribution in [3.63, 3.8) is 0 Å². The molecule has 0 aliphatic rings. The molecule has 3 atom stereocenters. The quantitative estimate of drug-likeness (QED) is 0.169. The van der Waals surface area contributed by atoms with Crippen LogP contribution in [0.4, 0.5) is 4.79 Å². The number of rotatable bonds is 15. The van der Waals surface area contributed by atoms with E-state index in [4.69, 9.17) is 21.4 Å². The highest BCUT2D eigenvalue weighted by molar-refractivity contribution is 7.80. The number of nitrogens with one attached hydrogen (secondary N) is 4. The first-order valence-electron chi connectivity index (χ1n) is 13.1. The number of alkyl carbamates (subject to hydrolysis) is 1. The molecule has 0 aromatic heterocycles. The van der Waals surface area contributed by atoms with Crippen LogP contribution in [0.2, 0.25) is 5.02 Å². The number of carbonyl (C=O) groups excluding carboxylic acids is 4. The van der Waals surface area contributed by atoms with Crippen molar-refractivity contribution in [2.45, 2.75) is 84.0 Å². The number of aliphatic carboxylic acids is 1. The smallest absolute Gasteiger partial charge is 0.408 e. The van der Waals surface area contributed by atoms with Gasteiger partial charge in [-0.15, -0.1) is 0 Å². The number of carboxylic acids is 1. The lowest BCUT2D eigenvalue weighted by atomic mass is 10.0. The van der Waals surface area contributed by atoms with Crippen LogP contribution in [0.1, 0.15) is 59.4 Å². The number of hydrogen-bond acceptors (Lipinski definition) is 7. The van der Waals surface area contributed by atoms with Gasteiger partial charge in [0.2, 0.25) is 17.7 Å². The Labute approximate surface area is 245 Å². The second-order valence-electron chi connectivity index (χ2n) is 10.7. The third kappa shape index (κ3) is 13.9. The molecule has 0 radical (unpaired) electrons. The van der Waals surface area contributed by atoms with E-state index in [9.17, 15) is 24.0 Å². The maximum atomic E-state index is 13.2. The zero-order chi connectivity index (χ0) is 30.5. The molecule has 0 saturated heterocycles. The van der Waals surface area contributed by atoms with E-state index in [0.29, 0.717) is 11.4 Å². The van der Waals surface area contributed by atoms with Crippen molar-refractivity contribution >= 4 is 54.0 Å². The van der Waals surface area contributed by atoms with Crippen LogP contribution in [0.3, 0.4) is 0 Å². The van der Waals surface area contributed by atoms with E-state index in [2.05, 4.69) is 33.9 Å². The molecule has 0 bridgehead atoms. The third-order valence-corrected chi connectivity index (χ3v) is 6.20. The molecule has 0 spiro atoms. The fourth-order valence-corrected chi connectivity index (χ4v) is 4.06. The Balaban J connectivity index is 2.89. The Bertz CT molecular complexity index is 1030. The van der Waals surface area contributed by atoms with Crippen LogP contribution in [0.15, 0.2) is 24.3 Å². The number of carbonyl (C=O) groups is 5. The standard InChI is InChI=1S/C27H41ClN4O7S/c1-16(2)14-20(30-24(36)19(10-11-22(33)34)32-26(38)39-27(3,4)5)25(37)31-21(15-40)23(35)29-13-12-17-8-6-7-9-18(17)28/h6-9,16,19-21,40H,10-15H2,1-5H3,(H,29,35)(H,30,36)(H,31,37)(H,32,38)(H,33,34)/t19?,20-,21-/m0/s1. The predicted octanol–water partition coefficient (Wildman–Crippen LogP) is 2.70. The van der Waals surface area contributed by atoms with Gasteiger partial charge in [-0.25, -0.2) is 4.79 Å². The normalized spacial score (nSPS) is 13.5. The Morgan fingerprint density at radius 2 is 1.55 bits per heavy atom. The Morgan fingerprint density at radius 1 is 0.950 bits per heavy atom. The molecule has 4 amide bonds. The van der Waals surface area contributed by atoms with Gasteiger partial charge < -0.3 is 31.1 Å². The second kappa shape index (κ2) is 17.0. The fourth-order valence-electron chi connectivity index (χ4n) is 3.57. The van der Waals surface area contributed by atoms with E-state index in [1.54, 1.807) is 26.8 Å². The van der Waals surface area contributed by atoms with E-state index < -0.39 is 59.9 Å². The van der Waals surface area contributed by atoms with Crippen molar-refractivity contribution in [2.75, 3.05) is 12.3 Å².